The first kappa shape index (κ1) is 28.1. The molecule has 214 valence electrons. The molecule has 0 unspecified atom stereocenters. The first-order valence-corrected chi connectivity index (χ1v) is 13.6. The third-order valence-corrected chi connectivity index (χ3v) is 6.83. The second kappa shape index (κ2) is 12.8. The second-order valence-electron chi connectivity index (χ2n) is 9.91. The van der Waals surface area contributed by atoms with E-state index in [0.717, 1.165) is 29.5 Å². The van der Waals surface area contributed by atoms with Crippen molar-refractivity contribution < 1.29 is 33.6 Å². The van der Waals surface area contributed by atoms with Crippen molar-refractivity contribution in [2.24, 2.45) is 0 Å². The van der Waals surface area contributed by atoms with Crippen molar-refractivity contribution in [1.82, 2.24) is 15.1 Å². The predicted octanol–water partition coefficient (Wildman–Crippen LogP) is 4.81. The monoisotopic (exact) mass is 559 g/mol. The number of nitrogens with one attached hydrogen (secondary N) is 1. The maximum atomic E-state index is 13.1. The fourth-order valence-electron chi connectivity index (χ4n) is 4.57. The van der Waals surface area contributed by atoms with Crippen LogP contribution in [0.5, 0.6) is 17.2 Å². The van der Waals surface area contributed by atoms with Gasteiger partial charge < -0.3 is 19.7 Å². The molecule has 3 aromatic carbocycles. The molecule has 2 aliphatic rings. The number of carbonyl (C=O) groups is 3. The third-order valence-electron chi connectivity index (χ3n) is 6.83. The van der Waals surface area contributed by atoms with Crippen LogP contribution in [0, 0.1) is 0 Å². The van der Waals surface area contributed by atoms with Crippen LogP contribution in [-0.4, -0.2) is 53.9 Å². The quantitative estimate of drug-likeness (QED) is 0.139. The Morgan fingerprint density at radius 2 is 1.56 bits per heavy atom. The summed E-state index contributed by atoms with van der Waals surface area (Å²) in [5.74, 6) is 1.32. The van der Waals surface area contributed by atoms with Crippen molar-refractivity contribution in [2.45, 2.75) is 45.5 Å². The normalized spacial score (nSPS) is 14.9. The first-order chi connectivity index (χ1) is 19.9. The second-order valence-corrected chi connectivity index (χ2v) is 9.91. The number of carbonyl (C=O) groups excluding carboxylic acids is 3. The van der Waals surface area contributed by atoms with Gasteiger partial charge in [0.05, 0.1) is 19.3 Å². The maximum absolute atomic E-state index is 13.1. The van der Waals surface area contributed by atoms with Crippen molar-refractivity contribution in [3.8, 4) is 17.2 Å². The summed E-state index contributed by atoms with van der Waals surface area (Å²) in [5, 5.41) is 2.93. The lowest BCUT2D eigenvalue weighted by atomic mass is 10.1. The average molecular weight is 560 g/mol. The van der Waals surface area contributed by atoms with Gasteiger partial charge in [0.25, 0.3) is 11.8 Å². The van der Waals surface area contributed by atoms with Gasteiger partial charge in [0.2, 0.25) is 0 Å². The lowest BCUT2D eigenvalue weighted by Gasteiger charge is -2.18. The summed E-state index contributed by atoms with van der Waals surface area (Å²) in [6.45, 7) is 3.31. The highest BCUT2D eigenvalue weighted by Crippen LogP contribution is 2.31. The Hall–Kier alpha value is -4.41. The van der Waals surface area contributed by atoms with Crippen LogP contribution < -0.4 is 14.8 Å². The summed E-state index contributed by atoms with van der Waals surface area (Å²) in [4.78, 5) is 50.9. The lowest BCUT2D eigenvalue weighted by Crippen LogP contribution is -2.34. The Kier molecular flexibility index (Phi) is 8.81. The molecular weight excluding hydrogens is 526 g/mol. The van der Waals surface area contributed by atoms with Gasteiger partial charge in [-0.2, -0.15) is 0 Å². The number of methoxy groups -OCH3 is 1. The molecule has 1 saturated heterocycles. The molecule has 41 heavy (non-hydrogen) atoms. The van der Waals surface area contributed by atoms with E-state index in [2.05, 4.69) is 5.32 Å². The van der Waals surface area contributed by atoms with Gasteiger partial charge in [0.15, 0.2) is 0 Å². The summed E-state index contributed by atoms with van der Waals surface area (Å²) >= 11 is 0. The molecule has 0 spiro atoms. The number of amides is 4. The number of rotatable bonds is 13. The van der Waals surface area contributed by atoms with Crippen LogP contribution in [-0.2, 0) is 34.3 Å². The van der Waals surface area contributed by atoms with Crippen molar-refractivity contribution in [1.29, 1.82) is 0 Å². The molecule has 1 heterocycles. The van der Waals surface area contributed by atoms with E-state index in [-0.39, 0.29) is 37.0 Å². The highest BCUT2D eigenvalue weighted by Gasteiger charge is 2.44. The molecule has 1 N–H and O–H groups in total. The smallest absolute Gasteiger partial charge is 0.327 e. The Balaban J connectivity index is 1.16. The minimum absolute atomic E-state index is 0.0379. The van der Waals surface area contributed by atoms with E-state index < -0.39 is 0 Å². The Morgan fingerprint density at radius 3 is 2.20 bits per heavy atom. The van der Waals surface area contributed by atoms with Crippen LogP contribution in [0.3, 0.4) is 0 Å². The van der Waals surface area contributed by atoms with E-state index in [1.54, 1.807) is 18.2 Å². The highest BCUT2D eigenvalue weighted by atomic mass is 17.2. The first-order valence-electron chi connectivity index (χ1n) is 13.6. The Labute approximate surface area is 238 Å². The van der Waals surface area contributed by atoms with E-state index in [0.29, 0.717) is 42.6 Å². The van der Waals surface area contributed by atoms with E-state index in [4.69, 9.17) is 19.2 Å². The average Bonchev–Trinajstić information content (AvgIpc) is 3.78. The summed E-state index contributed by atoms with van der Waals surface area (Å²) in [6.07, 6.45) is 1.74. The van der Waals surface area contributed by atoms with Crippen LogP contribution in [0.15, 0.2) is 66.7 Å². The van der Waals surface area contributed by atoms with E-state index in [1.807, 2.05) is 55.5 Å². The van der Waals surface area contributed by atoms with Crippen LogP contribution in [0.4, 0.5) is 4.79 Å². The predicted molar refractivity (Wildman–Crippen MR) is 149 cm³/mol. The Morgan fingerprint density at radius 1 is 0.902 bits per heavy atom. The largest absolute Gasteiger partial charge is 0.496 e. The minimum Gasteiger partial charge on any atom is -0.496 e. The molecule has 5 rings (SSSR count). The number of nitrogens with zero attached hydrogens (tertiary/aromatic N) is 2. The van der Waals surface area contributed by atoms with Crippen molar-refractivity contribution in [2.75, 3.05) is 20.3 Å². The van der Waals surface area contributed by atoms with Crippen LogP contribution in [0.2, 0.25) is 0 Å². The molecule has 2 fully saturated rings. The van der Waals surface area contributed by atoms with E-state index in [9.17, 15) is 14.4 Å². The molecular formula is C31H33N3O7. The zero-order valence-electron chi connectivity index (χ0n) is 23.1. The number of hydrogen-bond acceptors (Lipinski definition) is 7. The van der Waals surface area contributed by atoms with Gasteiger partial charge in [-0.25, -0.2) is 14.6 Å². The number of urea groups is 1. The molecule has 0 aromatic heterocycles. The van der Waals surface area contributed by atoms with Crippen LogP contribution in [0.25, 0.3) is 0 Å². The standard InChI is InChI=1S/C31H33N3O7/c1-3-39-40-20-22-6-13-26(14-7-22)41-25-11-4-21(5-12-25)17-32-30(36)27-16-23(8-15-28(27)38-2)18-33-19-29(35)34(31(33)37)24-9-10-24/h4-8,11-16,24H,3,9-10,17-20H2,1-2H3,(H,32,36). The lowest BCUT2D eigenvalue weighted by molar-refractivity contribution is -0.300. The van der Waals surface area contributed by atoms with Crippen LogP contribution in [0.1, 0.15) is 46.8 Å². The van der Waals surface area contributed by atoms with Gasteiger partial charge in [-0.05, 0) is 72.9 Å². The summed E-state index contributed by atoms with van der Waals surface area (Å²) < 4.78 is 11.3. The SMILES string of the molecule is CCOOCc1ccc(Oc2ccc(CNC(=O)c3cc(CN4CC(=O)N(C5CC5)C4=O)ccc3OC)cc2)cc1. The molecule has 0 bridgehead atoms. The van der Waals surface area contributed by atoms with Crippen molar-refractivity contribution in [3.05, 3.63) is 89.0 Å². The highest BCUT2D eigenvalue weighted by molar-refractivity contribution is 6.02. The zero-order chi connectivity index (χ0) is 28.8. The third kappa shape index (κ3) is 7.03. The fourth-order valence-corrected chi connectivity index (χ4v) is 4.57. The maximum Gasteiger partial charge on any atom is 0.327 e. The summed E-state index contributed by atoms with van der Waals surface area (Å²) in [6, 6.07) is 20.0. The molecule has 4 amide bonds. The Bertz CT molecular complexity index is 1390. The van der Waals surface area contributed by atoms with Gasteiger partial charge in [-0.15, -0.1) is 0 Å². The van der Waals surface area contributed by atoms with E-state index >= 15 is 0 Å². The topological polar surface area (TPSA) is 107 Å². The zero-order valence-corrected chi connectivity index (χ0v) is 23.1. The molecule has 3 aromatic rings. The number of hydrogen-bond donors (Lipinski definition) is 1. The number of ether oxygens (including phenoxy) is 2. The molecule has 1 saturated carbocycles. The van der Waals surface area contributed by atoms with Crippen molar-refractivity contribution in [3.63, 3.8) is 0 Å². The summed E-state index contributed by atoms with van der Waals surface area (Å²) in [5.41, 5.74) is 2.97. The van der Waals surface area contributed by atoms with Gasteiger partial charge in [0, 0.05) is 19.1 Å². The molecule has 10 heteroatoms. The van der Waals surface area contributed by atoms with Gasteiger partial charge in [0.1, 0.15) is 30.4 Å². The molecule has 10 nitrogen and oxygen atoms in total. The molecule has 1 aliphatic heterocycles. The molecule has 0 atom stereocenters. The molecule has 1 aliphatic carbocycles. The number of benzene rings is 3. The van der Waals surface area contributed by atoms with Gasteiger partial charge in [-0.3, -0.25) is 14.5 Å². The van der Waals surface area contributed by atoms with Crippen molar-refractivity contribution >= 4 is 17.8 Å². The molecule has 0 radical (unpaired) electrons. The van der Waals surface area contributed by atoms with Gasteiger partial charge in [-0.1, -0.05) is 30.3 Å². The van der Waals surface area contributed by atoms with Crippen LogP contribution >= 0.6 is 0 Å². The van der Waals surface area contributed by atoms with Gasteiger partial charge >= 0.3 is 6.03 Å². The minimum atomic E-state index is -0.305. The fraction of sp³-hybridized carbons (Fsp3) is 0.323. The van der Waals surface area contributed by atoms with E-state index in [1.165, 1.54) is 16.9 Å². The number of imide groups is 1. The summed E-state index contributed by atoms with van der Waals surface area (Å²) in [7, 11) is 1.50.